The molecule has 1 saturated heterocycles. The van der Waals surface area contributed by atoms with Gasteiger partial charge >= 0.3 is 0 Å². The van der Waals surface area contributed by atoms with Gasteiger partial charge in [-0.2, -0.15) is 0 Å². The molecule has 0 bridgehead atoms. The summed E-state index contributed by atoms with van der Waals surface area (Å²) in [6.07, 6.45) is 3.78. The highest BCUT2D eigenvalue weighted by Crippen LogP contribution is 2.29. The first-order valence-electron chi connectivity index (χ1n) is 6.71. The van der Waals surface area contributed by atoms with Gasteiger partial charge < -0.3 is 15.2 Å². The molecule has 1 aliphatic rings. The highest BCUT2D eigenvalue weighted by atomic mass is 32.1. The molecule has 1 aromatic rings. The van der Waals surface area contributed by atoms with Crippen LogP contribution < -0.4 is 5.73 Å². The van der Waals surface area contributed by atoms with Gasteiger partial charge in [-0.15, -0.1) is 11.3 Å². The van der Waals surface area contributed by atoms with Gasteiger partial charge in [-0.1, -0.05) is 0 Å². The van der Waals surface area contributed by atoms with Crippen LogP contribution in [0, 0.1) is 6.92 Å². The third kappa shape index (κ3) is 3.54. The lowest BCUT2D eigenvalue weighted by Gasteiger charge is -2.27. The average Bonchev–Trinajstić information content (AvgIpc) is 2.77. The Bertz CT molecular complexity index is 358. The van der Waals surface area contributed by atoms with Gasteiger partial charge in [0, 0.05) is 17.5 Å². The van der Waals surface area contributed by atoms with Gasteiger partial charge in [-0.05, 0) is 50.1 Å². The molecule has 2 rings (SSSR count). The maximum Gasteiger partial charge on any atom is 0.107 e. The second-order valence-corrected chi connectivity index (χ2v) is 6.02. The van der Waals surface area contributed by atoms with Gasteiger partial charge in [0.25, 0.3) is 0 Å². The van der Waals surface area contributed by atoms with Gasteiger partial charge in [0.2, 0.25) is 0 Å². The minimum absolute atomic E-state index is 0.00414. The van der Waals surface area contributed by atoms with Crippen molar-refractivity contribution in [2.75, 3.05) is 13.2 Å². The van der Waals surface area contributed by atoms with Crippen LogP contribution in [0.4, 0.5) is 0 Å². The third-order valence-electron chi connectivity index (χ3n) is 3.37. The molecule has 0 saturated carbocycles. The highest BCUT2D eigenvalue weighted by Gasteiger charge is 2.23. The molecular formula is C14H23NO2S. The Balaban J connectivity index is 1.92. The van der Waals surface area contributed by atoms with Gasteiger partial charge in [-0.3, -0.25) is 0 Å². The molecule has 1 fully saturated rings. The van der Waals surface area contributed by atoms with Crippen molar-refractivity contribution in [3.05, 3.63) is 21.9 Å². The summed E-state index contributed by atoms with van der Waals surface area (Å²) in [5.41, 5.74) is 7.32. The van der Waals surface area contributed by atoms with E-state index >= 15 is 0 Å². The molecule has 0 aliphatic carbocycles. The Morgan fingerprint density at radius 3 is 2.94 bits per heavy atom. The molecule has 1 aromatic heterocycles. The fraction of sp³-hybridized carbons (Fsp3) is 0.714. The number of rotatable bonds is 5. The Morgan fingerprint density at radius 2 is 2.39 bits per heavy atom. The SMILES string of the molecule is Cc1ccsc1C(OCC1CCCCO1)C(C)N. The van der Waals surface area contributed by atoms with E-state index in [1.54, 1.807) is 11.3 Å². The minimum Gasteiger partial charge on any atom is -0.376 e. The summed E-state index contributed by atoms with van der Waals surface area (Å²) in [5.74, 6) is 0. The Labute approximate surface area is 113 Å². The van der Waals surface area contributed by atoms with Crippen molar-refractivity contribution in [3.8, 4) is 0 Å². The zero-order valence-electron chi connectivity index (χ0n) is 11.2. The van der Waals surface area contributed by atoms with Crippen LogP contribution in [0.1, 0.15) is 42.7 Å². The molecule has 0 amide bonds. The van der Waals surface area contributed by atoms with Crippen LogP contribution in [0.2, 0.25) is 0 Å². The summed E-state index contributed by atoms with van der Waals surface area (Å²) < 4.78 is 11.7. The molecule has 4 heteroatoms. The molecule has 3 nitrogen and oxygen atoms in total. The summed E-state index contributed by atoms with van der Waals surface area (Å²) in [7, 11) is 0. The van der Waals surface area contributed by atoms with Gasteiger partial charge in [-0.25, -0.2) is 0 Å². The van der Waals surface area contributed by atoms with E-state index in [-0.39, 0.29) is 18.2 Å². The van der Waals surface area contributed by atoms with E-state index in [1.165, 1.54) is 23.3 Å². The first-order chi connectivity index (χ1) is 8.68. The van der Waals surface area contributed by atoms with Crippen molar-refractivity contribution < 1.29 is 9.47 Å². The first-order valence-corrected chi connectivity index (χ1v) is 7.59. The Hall–Kier alpha value is -0.420. The van der Waals surface area contributed by atoms with Crippen molar-refractivity contribution in [2.24, 2.45) is 5.73 Å². The van der Waals surface area contributed by atoms with Gasteiger partial charge in [0.1, 0.15) is 6.10 Å². The van der Waals surface area contributed by atoms with Gasteiger partial charge in [0.05, 0.1) is 12.7 Å². The fourth-order valence-corrected chi connectivity index (χ4v) is 3.38. The lowest BCUT2D eigenvalue weighted by atomic mass is 10.1. The van der Waals surface area contributed by atoms with E-state index in [4.69, 9.17) is 15.2 Å². The molecule has 0 spiro atoms. The maximum absolute atomic E-state index is 6.05. The second kappa shape index (κ2) is 6.66. The minimum atomic E-state index is -0.00414. The molecule has 0 aromatic carbocycles. The first kappa shape index (κ1) is 14.0. The van der Waals surface area contributed by atoms with E-state index in [1.807, 2.05) is 6.92 Å². The largest absolute Gasteiger partial charge is 0.376 e. The van der Waals surface area contributed by atoms with Crippen LogP contribution in [0.5, 0.6) is 0 Å². The zero-order chi connectivity index (χ0) is 13.0. The van der Waals surface area contributed by atoms with E-state index in [0.29, 0.717) is 6.61 Å². The van der Waals surface area contributed by atoms with Crippen molar-refractivity contribution in [3.63, 3.8) is 0 Å². The van der Waals surface area contributed by atoms with E-state index < -0.39 is 0 Å². The van der Waals surface area contributed by atoms with E-state index in [0.717, 1.165) is 13.0 Å². The molecule has 2 N–H and O–H groups in total. The second-order valence-electron chi connectivity index (χ2n) is 5.07. The summed E-state index contributed by atoms with van der Waals surface area (Å²) in [6, 6.07) is 2.13. The predicted molar refractivity (Wildman–Crippen MR) is 75.0 cm³/mol. The summed E-state index contributed by atoms with van der Waals surface area (Å²) in [5, 5.41) is 2.10. The molecule has 2 heterocycles. The Kier molecular flexibility index (Phi) is 5.18. The van der Waals surface area contributed by atoms with Crippen molar-refractivity contribution in [1.82, 2.24) is 0 Å². The molecule has 3 unspecified atom stereocenters. The van der Waals surface area contributed by atoms with Crippen LogP contribution in [0.15, 0.2) is 11.4 Å². The standard InChI is InChI=1S/C14H23NO2S/c1-10-6-8-18-14(10)13(11(2)15)17-9-12-5-3-4-7-16-12/h6,8,11-13H,3-5,7,9,15H2,1-2H3. The molecular weight excluding hydrogens is 246 g/mol. The van der Waals surface area contributed by atoms with Crippen LogP contribution in [0.3, 0.4) is 0 Å². The topological polar surface area (TPSA) is 44.5 Å². The number of ether oxygens (including phenoxy) is 2. The summed E-state index contributed by atoms with van der Waals surface area (Å²) in [4.78, 5) is 1.25. The van der Waals surface area contributed by atoms with Crippen molar-refractivity contribution >= 4 is 11.3 Å². The van der Waals surface area contributed by atoms with Gasteiger partial charge in [0.15, 0.2) is 0 Å². The van der Waals surface area contributed by atoms with Crippen molar-refractivity contribution in [1.29, 1.82) is 0 Å². The molecule has 18 heavy (non-hydrogen) atoms. The predicted octanol–water partition coefficient (Wildman–Crippen LogP) is 3.03. The van der Waals surface area contributed by atoms with E-state index in [2.05, 4.69) is 18.4 Å². The monoisotopic (exact) mass is 269 g/mol. The quantitative estimate of drug-likeness (QED) is 0.893. The smallest absolute Gasteiger partial charge is 0.107 e. The highest BCUT2D eigenvalue weighted by molar-refractivity contribution is 7.10. The van der Waals surface area contributed by atoms with E-state index in [9.17, 15) is 0 Å². The fourth-order valence-electron chi connectivity index (χ4n) is 2.29. The number of nitrogens with two attached hydrogens (primary N) is 1. The zero-order valence-corrected chi connectivity index (χ0v) is 12.0. The molecule has 1 aliphatic heterocycles. The molecule has 3 atom stereocenters. The normalized spacial score (nSPS) is 23.8. The lowest BCUT2D eigenvalue weighted by molar-refractivity contribution is -0.0673. The Morgan fingerprint density at radius 1 is 1.56 bits per heavy atom. The lowest BCUT2D eigenvalue weighted by Crippen LogP contribution is -2.31. The summed E-state index contributed by atoms with van der Waals surface area (Å²) in [6.45, 7) is 5.64. The van der Waals surface area contributed by atoms with Crippen LogP contribution in [-0.2, 0) is 9.47 Å². The molecule has 102 valence electrons. The van der Waals surface area contributed by atoms with Crippen LogP contribution in [0.25, 0.3) is 0 Å². The number of thiophene rings is 1. The third-order valence-corrected chi connectivity index (χ3v) is 4.45. The maximum atomic E-state index is 6.05. The van der Waals surface area contributed by atoms with Crippen molar-refractivity contribution in [2.45, 2.75) is 51.4 Å². The number of aryl methyl sites for hydroxylation is 1. The number of hydrogen-bond acceptors (Lipinski definition) is 4. The van der Waals surface area contributed by atoms with Crippen LogP contribution in [-0.4, -0.2) is 25.4 Å². The molecule has 0 radical (unpaired) electrons. The number of hydrogen-bond donors (Lipinski definition) is 1. The summed E-state index contributed by atoms with van der Waals surface area (Å²) >= 11 is 1.73. The average molecular weight is 269 g/mol. The van der Waals surface area contributed by atoms with Crippen LogP contribution >= 0.6 is 11.3 Å².